The van der Waals surface area contributed by atoms with E-state index in [0.717, 1.165) is 5.69 Å². The summed E-state index contributed by atoms with van der Waals surface area (Å²) in [6.45, 7) is 4.66. The number of aryl methyl sites for hydroxylation is 1. The first-order valence-electron chi connectivity index (χ1n) is 4.24. The molecule has 2 N–H and O–H groups in total. The monoisotopic (exact) mass is 184 g/mol. The van der Waals surface area contributed by atoms with Crippen LogP contribution in [0.1, 0.15) is 19.5 Å². The lowest BCUT2D eigenvalue weighted by molar-refractivity contribution is 0.186. The zero-order chi connectivity index (χ0) is 9.90. The highest BCUT2D eigenvalue weighted by molar-refractivity contribution is 4.94. The summed E-state index contributed by atoms with van der Waals surface area (Å²) < 4.78 is 1.71. The molecule has 1 aromatic heterocycles. The Morgan fingerprint density at radius 1 is 1.62 bits per heavy atom. The molecule has 0 radical (unpaired) electrons. The second-order valence-electron chi connectivity index (χ2n) is 3.74. The fourth-order valence-electron chi connectivity index (χ4n) is 0.857. The van der Waals surface area contributed by atoms with Crippen molar-refractivity contribution in [1.29, 1.82) is 0 Å². The molecule has 0 spiro atoms. The number of aliphatic hydroxyl groups is 1. The summed E-state index contributed by atoms with van der Waals surface area (Å²) in [5, 5.41) is 19.8. The molecule has 0 unspecified atom stereocenters. The molecule has 0 aliphatic carbocycles. The Morgan fingerprint density at radius 3 is 2.77 bits per heavy atom. The molecule has 0 aliphatic heterocycles. The van der Waals surface area contributed by atoms with Gasteiger partial charge in [0.1, 0.15) is 0 Å². The number of nitrogens with zero attached hydrogens (tertiary/aromatic N) is 3. The molecular formula is C8H16N4O. The molecule has 5 nitrogen and oxygen atoms in total. The zero-order valence-corrected chi connectivity index (χ0v) is 8.28. The van der Waals surface area contributed by atoms with E-state index in [0.29, 0.717) is 6.54 Å². The Balaban J connectivity index is 2.48. The molecule has 0 fully saturated rings. The van der Waals surface area contributed by atoms with Gasteiger partial charge in [-0.2, -0.15) is 0 Å². The fraction of sp³-hybridized carbons (Fsp3) is 0.750. The third kappa shape index (κ3) is 2.78. The van der Waals surface area contributed by atoms with Crippen LogP contribution in [0.2, 0.25) is 0 Å². The summed E-state index contributed by atoms with van der Waals surface area (Å²) in [4.78, 5) is 0. The second-order valence-corrected chi connectivity index (χ2v) is 3.74. The Bertz CT molecular complexity index is 269. The Morgan fingerprint density at radius 2 is 2.31 bits per heavy atom. The maximum absolute atomic E-state index is 8.99. The highest BCUT2D eigenvalue weighted by atomic mass is 16.3. The molecule has 74 valence electrons. The van der Waals surface area contributed by atoms with Crippen molar-refractivity contribution in [2.75, 3.05) is 6.61 Å². The van der Waals surface area contributed by atoms with E-state index in [1.54, 1.807) is 10.9 Å². The van der Waals surface area contributed by atoms with Crippen molar-refractivity contribution < 1.29 is 5.11 Å². The molecule has 13 heavy (non-hydrogen) atoms. The number of hydrogen-bond acceptors (Lipinski definition) is 4. The van der Waals surface area contributed by atoms with Crippen LogP contribution < -0.4 is 5.32 Å². The molecule has 0 bridgehead atoms. The second kappa shape index (κ2) is 3.85. The fourth-order valence-corrected chi connectivity index (χ4v) is 0.857. The molecule has 0 aromatic carbocycles. The van der Waals surface area contributed by atoms with E-state index >= 15 is 0 Å². The summed E-state index contributed by atoms with van der Waals surface area (Å²) in [7, 11) is 1.84. The van der Waals surface area contributed by atoms with Crippen molar-refractivity contribution in [2.45, 2.75) is 25.9 Å². The lowest BCUT2D eigenvalue weighted by atomic mass is 10.1. The van der Waals surface area contributed by atoms with Gasteiger partial charge in [0.05, 0.1) is 18.5 Å². The SMILES string of the molecule is Cn1nncc1CNC(C)(C)CO. The first-order chi connectivity index (χ1) is 6.05. The molecule has 1 heterocycles. The van der Waals surface area contributed by atoms with Gasteiger partial charge < -0.3 is 10.4 Å². The van der Waals surface area contributed by atoms with Crippen LogP contribution in [0, 0.1) is 0 Å². The molecular weight excluding hydrogens is 168 g/mol. The van der Waals surface area contributed by atoms with Gasteiger partial charge in [0, 0.05) is 19.1 Å². The third-order valence-electron chi connectivity index (χ3n) is 1.95. The predicted molar refractivity (Wildman–Crippen MR) is 49.0 cm³/mol. The van der Waals surface area contributed by atoms with Gasteiger partial charge in [0.25, 0.3) is 0 Å². The van der Waals surface area contributed by atoms with Crippen LogP contribution in [-0.2, 0) is 13.6 Å². The minimum absolute atomic E-state index is 0.109. The molecule has 0 aliphatic rings. The van der Waals surface area contributed by atoms with Crippen molar-refractivity contribution in [2.24, 2.45) is 7.05 Å². The van der Waals surface area contributed by atoms with Gasteiger partial charge in [0.2, 0.25) is 0 Å². The molecule has 1 rings (SSSR count). The van der Waals surface area contributed by atoms with Gasteiger partial charge >= 0.3 is 0 Å². The van der Waals surface area contributed by atoms with Crippen LogP contribution in [0.15, 0.2) is 6.20 Å². The third-order valence-corrected chi connectivity index (χ3v) is 1.95. The highest BCUT2D eigenvalue weighted by Gasteiger charge is 2.15. The Labute approximate surface area is 77.8 Å². The number of aliphatic hydroxyl groups excluding tert-OH is 1. The van der Waals surface area contributed by atoms with Crippen LogP contribution in [0.25, 0.3) is 0 Å². The standard InChI is InChI=1S/C8H16N4O/c1-8(2,6-13)9-4-7-5-10-11-12(7)3/h5,9,13H,4,6H2,1-3H3. The topological polar surface area (TPSA) is 63.0 Å². The molecule has 0 amide bonds. The normalized spacial score (nSPS) is 12.0. The predicted octanol–water partition coefficient (Wildman–Crippen LogP) is -0.324. The molecule has 5 heteroatoms. The first kappa shape index (κ1) is 10.1. The van der Waals surface area contributed by atoms with E-state index in [2.05, 4.69) is 15.6 Å². The van der Waals surface area contributed by atoms with Crippen LogP contribution in [0.4, 0.5) is 0 Å². The Kier molecular flexibility index (Phi) is 3.00. The largest absolute Gasteiger partial charge is 0.394 e. The molecule has 0 saturated carbocycles. The zero-order valence-electron chi connectivity index (χ0n) is 8.28. The summed E-state index contributed by atoms with van der Waals surface area (Å²) >= 11 is 0. The van der Waals surface area contributed by atoms with E-state index < -0.39 is 0 Å². The van der Waals surface area contributed by atoms with Crippen molar-refractivity contribution >= 4 is 0 Å². The smallest absolute Gasteiger partial charge is 0.0738 e. The average Bonchev–Trinajstić information content (AvgIpc) is 2.48. The van der Waals surface area contributed by atoms with E-state index in [9.17, 15) is 0 Å². The summed E-state index contributed by atoms with van der Waals surface area (Å²) in [5.41, 5.74) is 0.742. The highest BCUT2D eigenvalue weighted by Crippen LogP contribution is 2.02. The van der Waals surface area contributed by atoms with Gasteiger partial charge in [0.15, 0.2) is 0 Å². The van der Waals surface area contributed by atoms with Crippen LogP contribution in [0.5, 0.6) is 0 Å². The van der Waals surface area contributed by atoms with E-state index in [-0.39, 0.29) is 12.1 Å². The van der Waals surface area contributed by atoms with Crippen LogP contribution in [0.3, 0.4) is 0 Å². The van der Waals surface area contributed by atoms with Crippen molar-refractivity contribution in [1.82, 2.24) is 20.3 Å². The van der Waals surface area contributed by atoms with Crippen molar-refractivity contribution in [3.05, 3.63) is 11.9 Å². The lowest BCUT2D eigenvalue weighted by Gasteiger charge is -2.23. The number of aromatic nitrogens is 3. The van der Waals surface area contributed by atoms with Gasteiger partial charge in [-0.3, -0.25) is 4.68 Å². The summed E-state index contributed by atoms with van der Waals surface area (Å²) in [5.74, 6) is 0. The summed E-state index contributed by atoms with van der Waals surface area (Å²) in [6.07, 6.45) is 1.71. The van der Waals surface area contributed by atoms with Gasteiger partial charge in [-0.1, -0.05) is 5.21 Å². The number of nitrogens with one attached hydrogen (secondary N) is 1. The Hall–Kier alpha value is -0.940. The van der Waals surface area contributed by atoms with Gasteiger partial charge in [-0.05, 0) is 13.8 Å². The quantitative estimate of drug-likeness (QED) is 0.673. The minimum atomic E-state index is -0.260. The molecule has 0 saturated heterocycles. The van der Waals surface area contributed by atoms with Gasteiger partial charge in [-0.15, -0.1) is 5.10 Å². The number of rotatable bonds is 4. The van der Waals surface area contributed by atoms with Crippen molar-refractivity contribution in [3.63, 3.8) is 0 Å². The first-order valence-corrected chi connectivity index (χ1v) is 4.24. The number of hydrogen-bond donors (Lipinski definition) is 2. The van der Waals surface area contributed by atoms with Crippen LogP contribution >= 0.6 is 0 Å². The van der Waals surface area contributed by atoms with Gasteiger partial charge in [-0.25, -0.2) is 0 Å². The van der Waals surface area contributed by atoms with E-state index in [1.165, 1.54) is 0 Å². The summed E-state index contributed by atoms with van der Waals surface area (Å²) in [6, 6.07) is 0. The maximum Gasteiger partial charge on any atom is 0.0738 e. The van der Waals surface area contributed by atoms with Crippen molar-refractivity contribution in [3.8, 4) is 0 Å². The molecule has 0 atom stereocenters. The van der Waals surface area contributed by atoms with Crippen LogP contribution in [-0.4, -0.2) is 32.2 Å². The molecule has 1 aromatic rings. The minimum Gasteiger partial charge on any atom is -0.394 e. The average molecular weight is 184 g/mol. The maximum atomic E-state index is 8.99. The van der Waals surface area contributed by atoms with E-state index in [4.69, 9.17) is 5.11 Å². The lowest BCUT2D eigenvalue weighted by Crippen LogP contribution is -2.42. The van der Waals surface area contributed by atoms with E-state index in [1.807, 2.05) is 20.9 Å².